The predicted molar refractivity (Wildman–Crippen MR) is 105 cm³/mol. The number of aromatic nitrogens is 1. The first kappa shape index (κ1) is 17.6. The third kappa shape index (κ3) is 3.03. The Morgan fingerprint density at radius 3 is 2.88 bits per heavy atom. The van der Waals surface area contributed by atoms with E-state index in [2.05, 4.69) is 59.2 Å². The molecular formula is C21H30N4O. The Bertz CT molecular complexity index is 827. The topological polar surface area (TPSA) is 51.4 Å². The average Bonchev–Trinajstić information content (AvgIpc) is 2.80. The zero-order chi connectivity index (χ0) is 18.3. The van der Waals surface area contributed by atoms with Crippen molar-refractivity contribution in [2.45, 2.75) is 45.2 Å². The third-order valence-corrected chi connectivity index (χ3v) is 6.63. The summed E-state index contributed by atoms with van der Waals surface area (Å²) in [5.74, 6) is 0.203. The summed E-state index contributed by atoms with van der Waals surface area (Å²) < 4.78 is 0. The second-order valence-electron chi connectivity index (χ2n) is 8.17. The molecule has 5 nitrogen and oxygen atoms in total. The predicted octanol–water partition coefficient (Wildman–Crippen LogP) is 2.57. The molecule has 140 valence electrons. The van der Waals surface area contributed by atoms with Crippen molar-refractivity contribution in [2.24, 2.45) is 0 Å². The second-order valence-corrected chi connectivity index (χ2v) is 8.17. The fraction of sp³-hybridized carbons (Fsp3) is 0.571. The lowest BCUT2D eigenvalue weighted by Crippen LogP contribution is -2.60. The van der Waals surface area contributed by atoms with Gasteiger partial charge in [0.1, 0.15) is 0 Å². The number of aryl methyl sites for hydroxylation is 2. The van der Waals surface area contributed by atoms with Crippen LogP contribution in [0, 0.1) is 13.8 Å². The Hall–Kier alpha value is -1.85. The number of carbonyl (C=O) groups is 1. The molecule has 26 heavy (non-hydrogen) atoms. The number of nitrogens with zero attached hydrogens (tertiary/aromatic N) is 2. The van der Waals surface area contributed by atoms with Gasteiger partial charge in [-0.3, -0.25) is 14.6 Å². The van der Waals surface area contributed by atoms with Crippen LogP contribution in [0.15, 0.2) is 18.2 Å². The van der Waals surface area contributed by atoms with E-state index >= 15 is 0 Å². The molecule has 1 amide bonds. The van der Waals surface area contributed by atoms with Gasteiger partial charge in [-0.15, -0.1) is 0 Å². The molecule has 1 spiro atoms. The molecular weight excluding hydrogens is 324 g/mol. The highest BCUT2D eigenvalue weighted by Crippen LogP contribution is 2.32. The molecule has 2 fully saturated rings. The van der Waals surface area contributed by atoms with Gasteiger partial charge in [-0.05, 0) is 44.9 Å². The minimum Gasteiger partial charge on any atom is -0.358 e. The van der Waals surface area contributed by atoms with Gasteiger partial charge < -0.3 is 10.3 Å². The molecule has 5 heteroatoms. The maximum absolute atomic E-state index is 11.8. The van der Waals surface area contributed by atoms with Crippen molar-refractivity contribution >= 4 is 16.8 Å². The molecule has 0 saturated carbocycles. The van der Waals surface area contributed by atoms with Crippen molar-refractivity contribution in [1.29, 1.82) is 0 Å². The number of carbonyl (C=O) groups excluding carboxylic acids is 1. The van der Waals surface area contributed by atoms with Crippen LogP contribution < -0.4 is 5.32 Å². The minimum absolute atomic E-state index is 0.118. The summed E-state index contributed by atoms with van der Waals surface area (Å²) >= 11 is 0. The van der Waals surface area contributed by atoms with Crippen LogP contribution in [0.3, 0.4) is 0 Å². The van der Waals surface area contributed by atoms with E-state index in [1.807, 2.05) is 0 Å². The van der Waals surface area contributed by atoms with E-state index < -0.39 is 0 Å². The molecule has 2 N–H and O–H groups in total. The second kappa shape index (κ2) is 6.71. The van der Waals surface area contributed by atoms with E-state index in [9.17, 15) is 4.79 Å². The van der Waals surface area contributed by atoms with E-state index in [4.69, 9.17) is 0 Å². The van der Waals surface area contributed by atoms with Gasteiger partial charge in [0.2, 0.25) is 5.91 Å². The number of benzene rings is 1. The van der Waals surface area contributed by atoms with E-state index in [0.717, 1.165) is 45.6 Å². The number of hydrogen-bond acceptors (Lipinski definition) is 3. The van der Waals surface area contributed by atoms with Gasteiger partial charge in [0.05, 0.1) is 5.52 Å². The number of likely N-dealkylation sites (N-methyl/N-ethyl adjacent to an activating group) is 1. The van der Waals surface area contributed by atoms with Gasteiger partial charge in [0.15, 0.2) is 0 Å². The van der Waals surface area contributed by atoms with Crippen molar-refractivity contribution in [2.75, 3.05) is 33.2 Å². The first-order chi connectivity index (χ1) is 12.5. The Labute approximate surface area is 155 Å². The summed E-state index contributed by atoms with van der Waals surface area (Å²) in [6.45, 7) is 9.28. The average molecular weight is 354 g/mol. The SMILES string of the molecule is Cc1[nH]c2c(CN3CCN(C)[C@@]4(CCNC(=O)CC4)C3)cccc2c1C. The Balaban J connectivity index is 1.57. The van der Waals surface area contributed by atoms with Gasteiger partial charge in [-0.25, -0.2) is 0 Å². The molecule has 1 aromatic heterocycles. The highest BCUT2D eigenvalue weighted by atomic mass is 16.1. The first-order valence-corrected chi connectivity index (χ1v) is 9.76. The summed E-state index contributed by atoms with van der Waals surface area (Å²) in [7, 11) is 2.23. The van der Waals surface area contributed by atoms with E-state index in [0.29, 0.717) is 6.42 Å². The number of para-hydroxylation sites is 1. The lowest BCUT2D eigenvalue weighted by atomic mass is 9.86. The first-order valence-electron chi connectivity index (χ1n) is 9.76. The molecule has 2 aliphatic heterocycles. The quantitative estimate of drug-likeness (QED) is 0.871. The molecule has 1 atom stereocenters. The number of aromatic amines is 1. The normalized spacial score (nSPS) is 25.6. The van der Waals surface area contributed by atoms with Crippen molar-refractivity contribution in [3.63, 3.8) is 0 Å². The van der Waals surface area contributed by atoms with E-state index in [1.54, 1.807) is 0 Å². The van der Waals surface area contributed by atoms with Crippen molar-refractivity contribution in [3.05, 3.63) is 35.0 Å². The van der Waals surface area contributed by atoms with Crippen LogP contribution in [0.1, 0.15) is 36.1 Å². The molecule has 0 unspecified atom stereocenters. The largest absolute Gasteiger partial charge is 0.358 e. The molecule has 3 heterocycles. The number of piperazine rings is 1. The van der Waals surface area contributed by atoms with Crippen molar-refractivity contribution in [1.82, 2.24) is 20.1 Å². The van der Waals surface area contributed by atoms with Gasteiger partial charge >= 0.3 is 0 Å². The van der Waals surface area contributed by atoms with Crippen LogP contribution in [0.4, 0.5) is 0 Å². The van der Waals surface area contributed by atoms with Crippen molar-refractivity contribution < 1.29 is 4.79 Å². The van der Waals surface area contributed by atoms with Crippen molar-refractivity contribution in [3.8, 4) is 0 Å². The summed E-state index contributed by atoms with van der Waals surface area (Å²) in [4.78, 5) is 20.5. The maximum Gasteiger partial charge on any atom is 0.220 e. The zero-order valence-electron chi connectivity index (χ0n) is 16.2. The number of H-pyrrole nitrogens is 1. The standard InChI is InChI=1S/C21H30N4O/c1-15-16(2)23-20-17(5-4-6-18(15)20)13-25-12-11-24(3)21(14-25)8-7-19(26)22-10-9-21/h4-6,23H,7-14H2,1-3H3,(H,22,26)/t21-/m0/s1. The van der Waals surface area contributed by atoms with E-state index in [1.165, 1.54) is 27.7 Å². The van der Waals surface area contributed by atoms with Crippen LogP contribution in [0.2, 0.25) is 0 Å². The Morgan fingerprint density at radius 2 is 2.04 bits per heavy atom. The number of rotatable bonds is 2. The molecule has 2 aliphatic rings. The van der Waals surface area contributed by atoms with Crippen LogP contribution in [0.25, 0.3) is 10.9 Å². The molecule has 4 rings (SSSR count). The zero-order valence-corrected chi connectivity index (χ0v) is 16.2. The highest BCUT2D eigenvalue weighted by molar-refractivity contribution is 5.87. The van der Waals surface area contributed by atoms with Gasteiger partial charge in [-0.1, -0.05) is 18.2 Å². The molecule has 2 aromatic rings. The maximum atomic E-state index is 11.8. The molecule has 2 saturated heterocycles. The number of nitrogens with one attached hydrogen (secondary N) is 2. The van der Waals surface area contributed by atoms with Crippen LogP contribution in [-0.4, -0.2) is 59.5 Å². The van der Waals surface area contributed by atoms with E-state index in [-0.39, 0.29) is 11.4 Å². The number of amides is 1. The highest BCUT2D eigenvalue weighted by Gasteiger charge is 2.40. The van der Waals surface area contributed by atoms with Gasteiger partial charge in [0.25, 0.3) is 0 Å². The minimum atomic E-state index is 0.118. The number of hydrogen-bond donors (Lipinski definition) is 2. The van der Waals surface area contributed by atoms with Gasteiger partial charge in [0, 0.05) is 55.8 Å². The molecule has 0 bridgehead atoms. The lowest BCUT2D eigenvalue weighted by Gasteiger charge is -2.49. The Morgan fingerprint density at radius 1 is 1.19 bits per heavy atom. The number of fused-ring (bicyclic) bond motifs is 1. The lowest BCUT2D eigenvalue weighted by molar-refractivity contribution is -0.121. The fourth-order valence-corrected chi connectivity index (χ4v) is 4.73. The van der Waals surface area contributed by atoms with Crippen LogP contribution in [0.5, 0.6) is 0 Å². The molecule has 1 aromatic carbocycles. The summed E-state index contributed by atoms with van der Waals surface area (Å²) in [5, 5.41) is 4.39. The summed E-state index contributed by atoms with van der Waals surface area (Å²) in [6, 6.07) is 6.64. The molecule has 0 aliphatic carbocycles. The van der Waals surface area contributed by atoms with Crippen LogP contribution in [-0.2, 0) is 11.3 Å². The fourth-order valence-electron chi connectivity index (χ4n) is 4.73. The van der Waals surface area contributed by atoms with Crippen LogP contribution >= 0.6 is 0 Å². The summed E-state index contributed by atoms with van der Waals surface area (Å²) in [5.41, 5.74) is 5.39. The molecule has 0 radical (unpaired) electrons. The summed E-state index contributed by atoms with van der Waals surface area (Å²) in [6.07, 6.45) is 2.64. The smallest absolute Gasteiger partial charge is 0.220 e. The van der Waals surface area contributed by atoms with Gasteiger partial charge in [-0.2, -0.15) is 0 Å². The monoisotopic (exact) mass is 354 g/mol. The Kier molecular flexibility index (Phi) is 4.53. The third-order valence-electron chi connectivity index (χ3n) is 6.63.